The Morgan fingerprint density at radius 3 is 3.00 bits per heavy atom. The molecule has 0 aliphatic carbocycles. The number of β-amino-alcohol motifs (C(OH)–C–C–N with tert-alkyl or cyclic N) is 1. The molecule has 3 rings (SSSR count). The third-order valence-corrected chi connectivity index (χ3v) is 4.98. The van der Waals surface area contributed by atoms with E-state index >= 15 is 0 Å². The Bertz CT molecular complexity index is 593. The third-order valence-electron chi connectivity index (χ3n) is 3.89. The van der Waals surface area contributed by atoms with E-state index in [-0.39, 0.29) is 12.0 Å². The number of hydrogen-bond donors (Lipinski definition) is 1. The molecule has 1 amide bonds. The van der Waals surface area contributed by atoms with Crippen LogP contribution in [0.25, 0.3) is 10.2 Å². The van der Waals surface area contributed by atoms with Crippen LogP contribution in [-0.4, -0.2) is 40.1 Å². The molecule has 0 spiro atoms. The molecular weight excluding hydrogens is 284 g/mol. The fourth-order valence-electron chi connectivity index (χ4n) is 2.71. The molecule has 1 fully saturated rings. The first kappa shape index (κ1) is 14.5. The predicted molar refractivity (Wildman–Crippen MR) is 84.4 cm³/mol. The zero-order valence-electron chi connectivity index (χ0n) is 12.0. The summed E-state index contributed by atoms with van der Waals surface area (Å²) in [5.74, 6) is 0.177. The second-order valence-electron chi connectivity index (χ2n) is 5.56. The molecule has 1 aliphatic rings. The number of thiazole rings is 1. The first-order valence-corrected chi connectivity index (χ1v) is 8.34. The van der Waals surface area contributed by atoms with Crippen molar-refractivity contribution in [2.24, 2.45) is 0 Å². The smallest absolute Gasteiger partial charge is 0.222 e. The molecule has 1 N–H and O–H groups in total. The van der Waals surface area contributed by atoms with Crippen LogP contribution in [0.5, 0.6) is 0 Å². The summed E-state index contributed by atoms with van der Waals surface area (Å²) in [5, 5.41) is 10.6. The topological polar surface area (TPSA) is 53.4 Å². The molecule has 2 heterocycles. The Balaban J connectivity index is 1.42. The van der Waals surface area contributed by atoms with E-state index in [1.165, 1.54) is 4.70 Å². The number of nitrogens with zero attached hydrogens (tertiary/aromatic N) is 2. The minimum Gasteiger partial charge on any atom is -0.391 e. The molecule has 1 aliphatic heterocycles. The van der Waals surface area contributed by atoms with Gasteiger partial charge in [-0.3, -0.25) is 4.79 Å². The van der Waals surface area contributed by atoms with Crippen molar-refractivity contribution in [3.63, 3.8) is 0 Å². The number of para-hydroxylation sites is 1. The van der Waals surface area contributed by atoms with Crippen molar-refractivity contribution in [3.05, 3.63) is 29.3 Å². The van der Waals surface area contributed by atoms with E-state index in [0.29, 0.717) is 19.5 Å². The van der Waals surface area contributed by atoms with E-state index in [0.717, 1.165) is 36.2 Å². The van der Waals surface area contributed by atoms with Gasteiger partial charge in [-0.2, -0.15) is 0 Å². The van der Waals surface area contributed by atoms with Crippen LogP contribution < -0.4 is 0 Å². The Morgan fingerprint density at radius 2 is 2.24 bits per heavy atom. The van der Waals surface area contributed by atoms with Crippen LogP contribution in [0.15, 0.2) is 24.3 Å². The normalized spacial score (nSPS) is 18.5. The lowest BCUT2D eigenvalue weighted by Gasteiger charge is -2.14. The fraction of sp³-hybridized carbons (Fsp3) is 0.500. The molecule has 21 heavy (non-hydrogen) atoms. The van der Waals surface area contributed by atoms with Crippen molar-refractivity contribution >= 4 is 27.5 Å². The van der Waals surface area contributed by atoms with E-state index in [1.54, 1.807) is 16.2 Å². The number of aromatic nitrogens is 1. The minimum atomic E-state index is -0.323. The summed E-state index contributed by atoms with van der Waals surface area (Å²) in [7, 11) is 0. The molecule has 0 unspecified atom stereocenters. The molecule has 0 saturated carbocycles. The molecule has 4 nitrogen and oxygen atoms in total. The van der Waals surface area contributed by atoms with Crippen LogP contribution in [0.2, 0.25) is 0 Å². The fourth-order valence-corrected chi connectivity index (χ4v) is 3.71. The number of hydrogen-bond acceptors (Lipinski definition) is 4. The number of aliphatic hydroxyl groups is 1. The van der Waals surface area contributed by atoms with Crippen molar-refractivity contribution in [1.82, 2.24) is 9.88 Å². The molecule has 0 bridgehead atoms. The van der Waals surface area contributed by atoms with Crippen molar-refractivity contribution < 1.29 is 9.90 Å². The van der Waals surface area contributed by atoms with Crippen LogP contribution in [0, 0.1) is 0 Å². The number of fused-ring (bicyclic) bond motifs is 1. The van der Waals surface area contributed by atoms with Gasteiger partial charge in [0.15, 0.2) is 0 Å². The van der Waals surface area contributed by atoms with Crippen LogP contribution in [0.1, 0.15) is 30.7 Å². The summed E-state index contributed by atoms with van der Waals surface area (Å²) in [6.45, 7) is 1.22. The monoisotopic (exact) mass is 304 g/mol. The summed E-state index contributed by atoms with van der Waals surface area (Å²) in [5.41, 5.74) is 1.07. The summed E-state index contributed by atoms with van der Waals surface area (Å²) >= 11 is 1.74. The van der Waals surface area contributed by atoms with Gasteiger partial charge in [0.25, 0.3) is 0 Å². The third kappa shape index (κ3) is 3.60. The average molecular weight is 304 g/mol. The molecule has 1 aromatic heterocycles. The summed E-state index contributed by atoms with van der Waals surface area (Å²) in [4.78, 5) is 18.3. The number of unbranched alkanes of at least 4 members (excludes halogenated alkanes) is 1. The van der Waals surface area contributed by atoms with Crippen molar-refractivity contribution in [3.8, 4) is 0 Å². The number of likely N-dealkylation sites (tertiary alicyclic amines) is 1. The lowest BCUT2D eigenvalue weighted by molar-refractivity contribution is -0.130. The first-order chi connectivity index (χ1) is 10.2. The minimum absolute atomic E-state index is 0.177. The largest absolute Gasteiger partial charge is 0.391 e. The van der Waals surface area contributed by atoms with Crippen molar-refractivity contribution in [2.75, 3.05) is 13.1 Å². The van der Waals surface area contributed by atoms with Gasteiger partial charge >= 0.3 is 0 Å². The van der Waals surface area contributed by atoms with Crippen molar-refractivity contribution in [2.45, 2.75) is 38.2 Å². The summed E-state index contributed by atoms with van der Waals surface area (Å²) in [6, 6.07) is 8.18. The SMILES string of the molecule is O=C(CCCCc1nc2ccccc2s1)N1CC[C@@H](O)C1. The molecule has 5 heteroatoms. The van der Waals surface area contributed by atoms with Crippen molar-refractivity contribution in [1.29, 1.82) is 0 Å². The maximum absolute atomic E-state index is 11.9. The van der Waals surface area contributed by atoms with Gasteiger partial charge in [0, 0.05) is 19.5 Å². The Labute approximate surface area is 128 Å². The maximum Gasteiger partial charge on any atom is 0.222 e. The van der Waals surface area contributed by atoms with E-state index in [9.17, 15) is 9.90 Å². The zero-order valence-corrected chi connectivity index (χ0v) is 12.8. The van der Waals surface area contributed by atoms with E-state index < -0.39 is 0 Å². The molecule has 112 valence electrons. The highest BCUT2D eigenvalue weighted by molar-refractivity contribution is 7.18. The molecule has 1 atom stereocenters. The van der Waals surface area contributed by atoms with Gasteiger partial charge in [0.05, 0.1) is 21.3 Å². The van der Waals surface area contributed by atoms with E-state index in [1.807, 2.05) is 18.2 Å². The van der Waals surface area contributed by atoms with Gasteiger partial charge < -0.3 is 10.0 Å². The first-order valence-electron chi connectivity index (χ1n) is 7.52. The highest BCUT2D eigenvalue weighted by Crippen LogP contribution is 2.23. The quantitative estimate of drug-likeness (QED) is 0.864. The second kappa shape index (κ2) is 6.54. The molecular formula is C16H20N2O2S. The van der Waals surface area contributed by atoms with Gasteiger partial charge in [-0.05, 0) is 37.8 Å². The number of amides is 1. The highest BCUT2D eigenvalue weighted by Gasteiger charge is 2.23. The number of benzene rings is 1. The summed E-state index contributed by atoms with van der Waals surface area (Å²) in [6.07, 6.45) is 3.80. The number of carbonyl (C=O) groups is 1. The van der Waals surface area contributed by atoms with Gasteiger partial charge in [-0.25, -0.2) is 4.98 Å². The number of aryl methyl sites for hydroxylation is 1. The molecule has 1 aromatic carbocycles. The average Bonchev–Trinajstić information content (AvgIpc) is 3.09. The van der Waals surface area contributed by atoms with Gasteiger partial charge in [-0.15, -0.1) is 11.3 Å². The lowest BCUT2D eigenvalue weighted by Crippen LogP contribution is -2.29. The van der Waals surface area contributed by atoms with E-state index in [4.69, 9.17) is 0 Å². The predicted octanol–water partition coefficient (Wildman–Crippen LogP) is 2.60. The van der Waals surface area contributed by atoms with Crippen LogP contribution in [0.4, 0.5) is 0 Å². The number of rotatable bonds is 5. The number of aliphatic hydroxyl groups excluding tert-OH is 1. The van der Waals surface area contributed by atoms with Crippen LogP contribution in [-0.2, 0) is 11.2 Å². The molecule has 2 aromatic rings. The van der Waals surface area contributed by atoms with Crippen LogP contribution in [0.3, 0.4) is 0 Å². The lowest BCUT2D eigenvalue weighted by atomic mass is 10.2. The molecule has 0 radical (unpaired) electrons. The van der Waals surface area contributed by atoms with Crippen LogP contribution >= 0.6 is 11.3 Å². The van der Waals surface area contributed by atoms with Gasteiger partial charge in [0.1, 0.15) is 0 Å². The highest BCUT2D eigenvalue weighted by atomic mass is 32.1. The summed E-state index contributed by atoms with van der Waals surface area (Å²) < 4.78 is 1.23. The second-order valence-corrected chi connectivity index (χ2v) is 6.68. The standard InChI is InChI=1S/C16H20N2O2S/c19-12-9-10-18(11-12)16(20)8-4-3-7-15-17-13-5-1-2-6-14(13)21-15/h1-2,5-6,12,19H,3-4,7-11H2/t12-/m1/s1. The Kier molecular flexibility index (Phi) is 4.51. The Hall–Kier alpha value is -1.46. The van der Waals surface area contributed by atoms with Gasteiger partial charge in [-0.1, -0.05) is 12.1 Å². The van der Waals surface area contributed by atoms with Gasteiger partial charge in [0.2, 0.25) is 5.91 Å². The number of carbonyl (C=O) groups excluding carboxylic acids is 1. The maximum atomic E-state index is 11.9. The molecule has 1 saturated heterocycles. The zero-order chi connectivity index (χ0) is 14.7. The van der Waals surface area contributed by atoms with E-state index in [2.05, 4.69) is 11.1 Å². The Morgan fingerprint density at radius 1 is 1.38 bits per heavy atom.